The summed E-state index contributed by atoms with van der Waals surface area (Å²) in [5, 5.41) is 3.94. The third-order valence-electron chi connectivity index (χ3n) is 3.22. The molecule has 1 aliphatic rings. The van der Waals surface area contributed by atoms with Crippen LogP contribution in [0.1, 0.15) is 11.9 Å². The number of aromatic nitrogens is 2. The second-order valence-electron chi connectivity index (χ2n) is 4.72. The molecule has 1 saturated heterocycles. The highest BCUT2D eigenvalue weighted by Crippen LogP contribution is 2.37. The number of hydrogen-bond acceptors (Lipinski definition) is 7. The van der Waals surface area contributed by atoms with Crippen molar-refractivity contribution in [2.75, 3.05) is 32.8 Å². The van der Waals surface area contributed by atoms with Crippen LogP contribution in [0.15, 0.2) is 10.6 Å². The van der Waals surface area contributed by atoms with E-state index in [0.717, 1.165) is 26.3 Å². The van der Waals surface area contributed by atoms with Crippen molar-refractivity contribution >= 4 is 34.5 Å². The summed E-state index contributed by atoms with van der Waals surface area (Å²) in [6.45, 7) is 3.86. The minimum absolute atomic E-state index is 0.312. The topological polar surface area (TPSA) is 77.4 Å². The molecule has 1 fully saturated rings. The second kappa shape index (κ2) is 6.60. The molecular formula is C12H14Cl2N4O2S. The third kappa shape index (κ3) is 3.56. The Morgan fingerprint density at radius 2 is 2.14 bits per heavy atom. The van der Waals surface area contributed by atoms with Gasteiger partial charge in [-0.15, -0.1) is 11.3 Å². The molecule has 21 heavy (non-hydrogen) atoms. The molecule has 6 nitrogen and oxygen atoms in total. The predicted octanol–water partition coefficient (Wildman–Crippen LogP) is 2.44. The summed E-state index contributed by atoms with van der Waals surface area (Å²) < 4.78 is 11.6. The van der Waals surface area contributed by atoms with E-state index in [1.54, 1.807) is 6.07 Å². The van der Waals surface area contributed by atoms with E-state index in [9.17, 15) is 0 Å². The molecular weight excluding hydrogens is 335 g/mol. The molecule has 0 aliphatic carbocycles. The molecule has 114 valence electrons. The van der Waals surface area contributed by atoms with Crippen molar-refractivity contribution in [3.63, 3.8) is 0 Å². The van der Waals surface area contributed by atoms with Crippen molar-refractivity contribution in [2.45, 2.75) is 6.04 Å². The summed E-state index contributed by atoms with van der Waals surface area (Å²) in [6, 6.07) is 1.40. The number of thiophene rings is 1. The van der Waals surface area contributed by atoms with E-state index in [1.807, 2.05) is 0 Å². The molecule has 0 aromatic carbocycles. The van der Waals surface area contributed by atoms with Gasteiger partial charge in [0.2, 0.25) is 0 Å². The first kappa shape index (κ1) is 15.2. The van der Waals surface area contributed by atoms with E-state index < -0.39 is 0 Å². The average Bonchev–Trinajstić information content (AvgIpc) is 3.06. The lowest BCUT2D eigenvalue weighted by Crippen LogP contribution is -2.40. The fourth-order valence-electron chi connectivity index (χ4n) is 2.12. The molecule has 2 aromatic rings. The van der Waals surface area contributed by atoms with Crippen molar-refractivity contribution in [2.24, 2.45) is 5.73 Å². The highest BCUT2D eigenvalue weighted by atomic mass is 35.5. The smallest absolute Gasteiger partial charge is 0.260 e. The quantitative estimate of drug-likeness (QED) is 0.914. The highest BCUT2D eigenvalue weighted by molar-refractivity contribution is 7.20. The highest BCUT2D eigenvalue weighted by Gasteiger charge is 2.21. The molecule has 3 rings (SSSR count). The molecule has 0 bridgehead atoms. The molecule has 1 aliphatic heterocycles. The minimum atomic E-state index is -0.312. The zero-order chi connectivity index (χ0) is 14.8. The van der Waals surface area contributed by atoms with Crippen LogP contribution in [0.3, 0.4) is 0 Å². The Morgan fingerprint density at radius 3 is 2.81 bits per heavy atom. The molecule has 0 amide bonds. The van der Waals surface area contributed by atoms with Crippen LogP contribution >= 0.6 is 34.5 Å². The third-order valence-corrected chi connectivity index (χ3v) is 4.71. The van der Waals surface area contributed by atoms with Crippen molar-refractivity contribution in [3.8, 4) is 11.5 Å². The van der Waals surface area contributed by atoms with Crippen LogP contribution in [0, 0.1) is 0 Å². The summed E-state index contributed by atoms with van der Waals surface area (Å²) in [5.41, 5.74) is 6.78. The van der Waals surface area contributed by atoms with Gasteiger partial charge >= 0.3 is 0 Å². The van der Waals surface area contributed by atoms with Crippen LogP contribution in [-0.4, -0.2) is 47.9 Å². The molecule has 2 N–H and O–H groups in total. The summed E-state index contributed by atoms with van der Waals surface area (Å²) in [5.74, 6) is 0.811. The number of hydrogen-bond donors (Lipinski definition) is 1. The number of nitrogens with zero attached hydrogens (tertiary/aromatic N) is 3. The zero-order valence-corrected chi connectivity index (χ0v) is 13.4. The Balaban J connectivity index is 1.70. The summed E-state index contributed by atoms with van der Waals surface area (Å²) in [4.78, 5) is 6.54. The Bertz CT molecular complexity index is 612. The van der Waals surface area contributed by atoms with Gasteiger partial charge in [-0.2, -0.15) is 4.98 Å². The molecule has 9 heteroatoms. The van der Waals surface area contributed by atoms with Crippen LogP contribution in [0.5, 0.6) is 0 Å². The summed E-state index contributed by atoms with van der Waals surface area (Å²) in [7, 11) is 0. The molecule has 2 aromatic heterocycles. The van der Waals surface area contributed by atoms with Crippen molar-refractivity contribution in [1.82, 2.24) is 15.0 Å². The number of morpholine rings is 1. The summed E-state index contributed by atoms with van der Waals surface area (Å²) in [6.07, 6.45) is 0. The monoisotopic (exact) mass is 348 g/mol. The SMILES string of the molecule is NC(CN1CCOCC1)c1noc(-c2cc(Cl)sc2Cl)n1. The van der Waals surface area contributed by atoms with E-state index in [-0.39, 0.29) is 6.04 Å². The number of halogens is 2. The van der Waals surface area contributed by atoms with E-state index in [1.165, 1.54) is 11.3 Å². The van der Waals surface area contributed by atoms with E-state index in [4.69, 9.17) is 38.2 Å². The Morgan fingerprint density at radius 1 is 1.38 bits per heavy atom. The lowest BCUT2D eigenvalue weighted by Gasteiger charge is -2.27. The van der Waals surface area contributed by atoms with Gasteiger partial charge in [0.05, 0.1) is 29.2 Å². The van der Waals surface area contributed by atoms with E-state index in [2.05, 4.69) is 15.0 Å². The molecule has 1 atom stereocenters. The molecule has 3 heterocycles. The minimum Gasteiger partial charge on any atom is -0.379 e. The van der Waals surface area contributed by atoms with E-state index in [0.29, 0.717) is 32.5 Å². The van der Waals surface area contributed by atoms with Gasteiger partial charge in [0.15, 0.2) is 5.82 Å². The Kier molecular flexibility index (Phi) is 4.78. The first-order valence-electron chi connectivity index (χ1n) is 6.48. The van der Waals surface area contributed by atoms with Crippen molar-refractivity contribution < 1.29 is 9.26 Å². The zero-order valence-electron chi connectivity index (χ0n) is 11.1. The van der Waals surface area contributed by atoms with Gasteiger partial charge in [0.1, 0.15) is 4.34 Å². The van der Waals surface area contributed by atoms with E-state index >= 15 is 0 Å². The predicted molar refractivity (Wildman–Crippen MR) is 81.8 cm³/mol. The van der Waals surface area contributed by atoms with Gasteiger partial charge in [0, 0.05) is 19.6 Å². The number of nitrogens with two attached hydrogens (primary N) is 1. The van der Waals surface area contributed by atoms with Crippen LogP contribution in [0.4, 0.5) is 0 Å². The fraction of sp³-hybridized carbons (Fsp3) is 0.500. The standard InChI is InChI=1S/C12H14Cl2N4O2S/c13-9-5-7(10(14)21-9)12-16-11(17-20-12)8(15)6-18-1-3-19-4-2-18/h5,8H,1-4,6,15H2. The Hall–Kier alpha value is -0.700. The van der Waals surface area contributed by atoms with Crippen LogP contribution in [0.2, 0.25) is 8.67 Å². The molecule has 0 spiro atoms. The molecule has 0 saturated carbocycles. The average molecular weight is 349 g/mol. The van der Waals surface area contributed by atoms with Crippen molar-refractivity contribution in [1.29, 1.82) is 0 Å². The lowest BCUT2D eigenvalue weighted by molar-refractivity contribution is 0.0348. The van der Waals surface area contributed by atoms with Gasteiger partial charge < -0.3 is 15.0 Å². The largest absolute Gasteiger partial charge is 0.379 e. The fourth-order valence-corrected chi connectivity index (χ4v) is 3.57. The van der Waals surface area contributed by atoms with Gasteiger partial charge in [-0.3, -0.25) is 4.90 Å². The van der Waals surface area contributed by atoms with Gasteiger partial charge in [-0.1, -0.05) is 28.4 Å². The van der Waals surface area contributed by atoms with Gasteiger partial charge in [-0.05, 0) is 6.07 Å². The van der Waals surface area contributed by atoms with Crippen molar-refractivity contribution in [3.05, 3.63) is 20.6 Å². The molecule has 1 unspecified atom stereocenters. The maximum atomic E-state index is 6.14. The number of ether oxygens (including phenoxy) is 1. The first-order valence-corrected chi connectivity index (χ1v) is 8.05. The maximum absolute atomic E-state index is 6.14. The van der Waals surface area contributed by atoms with Crippen LogP contribution in [-0.2, 0) is 4.74 Å². The molecule has 0 radical (unpaired) electrons. The van der Waals surface area contributed by atoms with Crippen LogP contribution in [0.25, 0.3) is 11.5 Å². The second-order valence-corrected chi connectivity index (χ2v) is 7.00. The number of rotatable bonds is 4. The summed E-state index contributed by atoms with van der Waals surface area (Å²) >= 11 is 13.3. The van der Waals surface area contributed by atoms with Crippen LogP contribution < -0.4 is 5.73 Å². The maximum Gasteiger partial charge on any atom is 0.260 e. The normalized spacial score (nSPS) is 18.0. The van der Waals surface area contributed by atoms with Gasteiger partial charge in [-0.25, -0.2) is 0 Å². The lowest BCUT2D eigenvalue weighted by atomic mass is 10.2. The Labute approximate surface area is 135 Å². The first-order chi connectivity index (χ1) is 10.1. The van der Waals surface area contributed by atoms with Gasteiger partial charge in [0.25, 0.3) is 5.89 Å².